The molecule has 1 fully saturated rings. The number of ether oxygens (including phenoxy) is 2. The van der Waals surface area contributed by atoms with Gasteiger partial charge >= 0.3 is 0 Å². The van der Waals surface area contributed by atoms with Gasteiger partial charge in [-0.2, -0.15) is 0 Å². The lowest BCUT2D eigenvalue weighted by Crippen LogP contribution is -2.23. The van der Waals surface area contributed by atoms with E-state index in [9.17, 15) is 13.6 Å². The summed E-state index contributed by atoms with van der Waals surface area (Å²) < 4.78 is 37.4. The first-order valence-electron chi connectivity index (χ1n) is 7.86. The van der Waals surface area contributed by atoms with Crippen LogP contribution in [0.25, 0.3) is 6.08 Å². The Bertz CT molecular complexity index is 960. The van der Waals surface area contributed by atoms with Gasteiger partial charge in [0, 0.05) is 24.7 Å². The van der Waals surface area contributed by atoms with Crippen LogP contribution in [0.2, 0.25) is 0 Å². The van der Waals surface area contributed by atoms with Gasteiger partial charge in [0.25, 0.3) is 5.91 Å². The normalized spacial score (nSPS) is 17.1. The largest absolute Gasteiger partial charge is 0.497 e. The van der Waals surface area contributed by atoms with Crippen molar-refractivity contribution in [2.45, 2.75) is 0 Å². The van der Waals surface area contributed by atoms with Crippen LogP contribution in [0.15, 0.2) is 46.3 Å². The summed E-state index contributed by atoms with van der Waals surface area (Å²) in [7, 11) is 4.62. The van der Waals surface area contributed by atoms with Crippen LogP contribution in [0, 0.1) is 11.6 Å². The molecule has 2 aromatic carbocycles. The number of carbonyl (C=O) groups excluding carboxylic acids is 1. The van der Waals surface area contributed by atoms with Gasteiger partial charge in [0.1, 0.15) is 23.0 Å². The second kappa shape index (κ2) is 7.79. The maximum Gasteiger partial charge on any atom is 0.266 e. The number of benzene rings is 2. The zero-order valence-electron chi connectivity index (χ0n) is 14.8. The number of amides is 1. The number of carbonyl (C=O) groups is 1. The van der Waals surface area contributed by atoms with Crippen molar-refractivity contribution in [2.24, 2.45) is 4.99 Å². The van der Waals surface area contributed by atoms with Crippen molar-refractivity contribution in [2.75, 3.05) is 21.3 Å². The smallest absolute Gasteiger partial charge is 0.266 e. The lowest BCUT2D eigenvalue weighted by molar-refractivity contribution is -0.121. The van der Waals surface area contributed by atoms with E-state index in [4.69, 9.17) is 9.47 Å². The molecule has 0 spiro atoms. The first-order chi connectivity index (χ1) is 12.9. The molecule has 0 aromatic heterocycles. The van der Waals surface area contributed by atoms with Crippen LogP contribution in [-0.4, -0.2) is 37.2 Å². The summed E-state index contributed by atoms with van der Waals surface area (Å²) in [4.78, 5) is 18.4. The quantitative estimate of drug-likeness (QED) is 0.734. The van der Waals surface area contributed by atoms with Crippen molar-refractivity contribution in [3.8, 4) is 11.5 Å². The summed E-state index contributed by atoms with van der Waals surface area (Å²) in [6.45, 7) is 0. The standard InChI is InChI=1S/C19H16F2N2O3S/c1-23-18(24)17(8-11-4-6-13(25-2)10-16(11)26-3)27-19(23)22-15-7-5-12(20)9-14(15)21/h4-10H,1-3H3/b17-8-,22-19?. The highest BCUT2D eigenvalue weighted by molar-refractivity contribution is 8.18. The number of aliphatic imine (C=N–C) groups is 1. The molecule has 2 aromatic rings. The zero-order chi connectivity index (χ0) is 19.6. The third-order valence-corrected chi connectivity index (χ3v) is 4.92. The average molecular weight is 390 g/mol. The SMILES string of the molecule is COc1ccc(/C=C2\SC(=Nc3ccc(F)cc3F)N(C)C2=O)c(OC)c1. The minimum absolute atomic E-state index is 0.0400. The van der Waals surface area contributed by atoms with Crippen LogP contribution >= 0.6 is 11.8 Å². The number of hydrogen-bond donors (Lipinski definition) is 0. The molecule has 8 heteroatoms. The molecule has 1 amide bonds. The number of methoxy groups -OCH3 is 2. The van der Waals surface area contributed by atoms with Crippen molar-refractivity contribution in [1.29, 1.82) is 0 Å². The van der Waals surface area contributed by atoms with Crippen molar-refractivity contribution >= 4 is 34.6 Å². The second-order valence-corrected chi connectivity index (χ2v) is 6.58. The lowest BCUT2D eigenvalue weighted by Gasteiger charge is -2.08. The molecular weight excluding hydrogens is 374 g/mol. The number of likely N-dealkylation sites (N-methyl/N-ethyl adjacent to an activating group) is 1. The predicted molar refractivity (Wildman–Crippen MR) is 101 cm³/mol. The summed E-state index contributed by atoms with van der Waals surface area (Å²) in [5, 5.41) is 0.296. The second-order valence-electron chi connectivity index (χ2n) is 5.57. The Morgan fingerprint density at radius 2 is 1.89 bits per heavy atom. The molecule has 1 heterocycles. The fraction of sp³-hybridized carbons (Fsp3) is 0.158. The summed E-state index contributed by atoms with van der Waals surface area (Å²) in [6, 6.07) is 8.33. The molecule has 0 saturated carbocycles. The van der Waals surface area contributed by atoms with Gasteiger partial charge in [-0.1, -0.05) is 0 Å². The van der Waals surface area contributed by atoms with Gasteiger partial charge in [-0.15, -0.1) is 0 Å². The molecule has 0 bridgehead atoms. The van der Waals surface area contributed by atoms with Crippen molar-refractivity contribution in [1.82, 2.24) is 4.90 Å². The minimum atomic E-state index is -0.793. The van der Waals surface area contributed by atoms with Crippen molar-refractivity contribution < 1.29 is 23.0 Å². The van der Waals surface area contributed by atoms with E-state index in [0.717, 1.165) is 23.9 Å². The first kappa shape index (κ1) is 18.9. The van der Waals surface area contributed by atoms with E-state index in [1.165, 1.54) is 18.1 Å². The van der Waals surface area contributed by atoms with Gasteiger partial charge in [0.05, 0.1) is 19.1 Å². The fourth-order valence-corrected chi connectivity index (χ4v) is 3.38. The Morgan fingerprint density at radius 3 is 2.56 bits per heavy atom. The van der Waals surface area contributed by atoms with Crippen LogP contribution < -0.4 is 9.47 Å². The van der Waals surface area contributed by atoms with Gasteiger partial charge < -0.3 is 9.47 Å². The van der Waals surface area contributed by atoms with Crippen LogP contribution in [-0.2, 0) is 4.79 Å². The molecule has 0 atom stereocenters. The van der Waals surface area contributed by atoms with Gasteiger partial charge in [0.2, 0.25) is 0 Å². The molecule has 0 unspecified atom stereocenters. The highest BCUT2D eigenvalue weighted by atomic mass is 32.2. The van der Waals surface area contributed by atoms with Gasteiger partial charge in [-0.05, 0) is 42.1 Å². The van der Waals surface area contributed by atoms with E-state index < -0.39 is 11.6 Å². The lowest BCUT2D eigenvalue weighted by atomic mass is 10.1. The molecule has 27 heavy (non-hydrogen) atoms. The maximum absolute atomic E-state index is 13.8. The highest BCUT2D eigenvalue weighted by Gasteiger charge is 2.31. The molecule has 1 aliphatic heterocycles. The number of thioether (sulfide) groups is 1. The highest BCUT2D eigenvalue weighted by Crippen LogP contribution is 2.36. The minimum Gasteiger partial charge on any atom is -0.497 e. The van der Waals surface area contributed by atoms with Gasteiger partial charge in [0.15, 0.2) is 11.0 Å². The number of amidine groups is 1. The van der Waals surface area contributed by atoms with Crippen LogP contribution in [0.5, 0.6) is 11.5 Å². The molecule has 0 aliphatic carbocycles. The topological polar surface area (TPSA) is 51.1 Å². The molecule has 0 radical (unpaired) electrons. The van der Waals surface area contributed by atoms with Gasteiger partial charge in [-0.3, -0.25) is 9.69 Å². The van der Waals surface area contributed by atoms with E-state index in [2.05, 4.69) is 4.99 Å². The number of hydrogen-bond acceptors (Lipinski definition) is 5. The van der Waals surface area contributed by atoms with E-state index >= 15 is 0 Å². The molecule has 1 aliphatic rings. The summed E-state index contributed by atoms with van der Waals surface area (Å²) in [5.41, 5.74) is 0.651. The Morgan fingerprint density at radius 1 is 1.11 bits per heavy atom. The number of nitrogens with zero attached hydrogens (tertiary/aromatic N) is 2. The van der Waals surface area contributed by atoms with Crippen LogP contribution in [0.4, 0.5) is 14.5 Å². The third kappa shape index (κ3) is 3.95. The van der Waals surface area contributed by atoms with Crippen LogP contribution in [0.1, 0.15) is 5.56 Å². The predicted octanol–water partition coefficient (Wildman–Crippen LogP) is 4.22. The molecule has 140 valence electrons. The number of halogens is 2. The van der Waals surface area contributed by atoms with Crippen molar-refractivity contribution in [3.63, 3.8) is 0 Å². The van der Waals surface area contributed by atoms with E-state index in [1.54, 1.807) is 38.4 Å². The fourth-order valence-electron chi connectivity index (χ4n) is 2.41. The molecular formula is C19H16F2N2O3S. The van der Waals surface area contributed by atoms with Crippen molar-refractivity contribution in [3.05, 3.63) is 58.5 Å². The van der Waals surface area contributed by atoms with Gasteiger partial charge in [-0.25, -0.2) is 13.8 Å². The summed E-state index contributed by atoms with van der Waals surface area (Å²) in [6.07, 6.45) is 1.67. The third-order valence-electron chi connectivity index (χ3n) is 3.86. The Labute approximate surface area is 159 Å². The maximum atomic E-state index is 13.8. The monoisotopic (exact) mass is 390 g/mol. The Kier molecular flexibility index (Phi) is 5.46. The molecule has 5 nitrogen and oxygen atoms in total. The summed E-state index contributed by atoms with van der Waals surface area (Å²) >= 11 is 1.10. The Balaban J connectivity index is 1.94. The van der Waals surface area contributed by atoms with E-state index in [1.807, 2.05) is 0 Å². The molecule has 1 saturated heterocycles. The first-order valence-corrected chi connectivity index (χ1v) is 8.68. The Hall–Kier alpha value is -2.87. The van der Waals surface area contributed by atoms with E-state index in [0.29, 0.717) is 27.1 Å². The van der Waals surface area contributed by atoms with E-state index in [-0.39, 0.29) is 11.6 Å². The summed E-state index contributed by atoms with van der Waals surface area (Å²) in [5.74, 6) is -0.581. The molecule has 0 N–H and O–H groups in total. The zero-order valence-corrected chi connectivity index (χ0v) is 15.6. The molecule has 3 rings (SSSR count). The number of rotatable bonds is 4. The van der Waals surface area contributed by atoms with Crippen LogP contribution in [0.3, 0.4) is 0 Å². The average Bonchev–Trinajstić information content (AvgIpc) is 2.92.